The fraction of sp³-hybridized carbons (Fsp3) is 0.100. The van der Waals surface area contributed by atoms with Gasteiger partial charge in [0.05, 0.1) is 15.5 Å². The van der Waals surface area contributed by atoms with Crippen molar-refractivity contribution in [3.8, 4) is 5.75 Å². The Morgan fingerprint density at radius 3 is 1.94 bits per heavy atom. The van der Waals surface area contributed by atoms with Crippen molar-refractivity contribution in [1.29, 1.82) is 0 Å². The molecule has 3 aromatic carbocycles. The number of alkyl halides is 3. The molecule has 0 heterocycles. The number of ether oxygens (including phenoxy) is 1. The number of benzene rings is 3. The summed E-state index contributed by atoms with van der Waals surface area (Å²) in [5.41, 5.74) is -5.08. The van der Waals surface area contributed by atoms with Crippen LogP contribution in [0.2, 0.25) is 0 Å². The molecule has 0 spiro atoms. The van der Waals surface area contributed by atoms with Crippen molar-refractivity contribution in [2.24, 2.45) is 0 Å². The van der Waals surface area contributed by atoms with Gasteiger partial charge in [-0.05, 0) is 29.8 Å². The molecule has 31 heavy (non-hydrogen) atoms. The topological polar surface area (TPSA) is 89.5 Å². The summed E-state index contributed by atoms with van der Waals surface area (Å²) < 4.78 is 95.4. The van der Waals surface area contributed by atoms with Gasteiger partial charge in [0.15, 0.2) is 0 Å². The zero-order chi connectivity index (χ0) is 22.7. The molecule has 3 aromatic rings. The van der Waals surface area contributed by atoms with Gasteiger partial charge in [0.1, 0.15) is 12.4 Å². The molecule has 0 aromatic heterocycles. The summed E-state index contributed by atoms with van der Waals surface area (Å²) >= 11 is 0. The van der Waals surface area contributed by atoms with E-state index in [-0.39, 0.29) is 22.9 Å². The summed E-state index contributed by atoms with van der Waals surface area (Å²) in [6.07, 6.45) is 0. The number of sulfonamides is 1. The molecule has 0 aliphatic rings. The second-order valence-corrected chi connectivity index (χ2v) is 9.92. The Morgan fingerprint density at radius 2 is 1.35 bits per heavy atom. The lowest BCUT2D eigenvalue weighted by Gasteiger charge is -2.16. The highest BCUT2D eigenvalue weighted by Gasteiger charge is 2.47. The molecule has 0 aliphatic heterocycles. The zero-order valence-corrected chi connectivity index (χ0v) is 17.3. The number of nitrogens with one attached hydrogen (secondary N) is 1. The van der Waals surface area contributed by atoms with Crippen LogP contribution in [0.25, 0.3) is 0 Å². The maximum absolute atomic E-state index is 13.0. The normalized spacial score (nSPS) is 12.4. The fourth-order valence-corrected chi connectivity index (χ4v) is 4.41. The smallest absolute Gasteiger partial charge is 0.487 e. The average molecular weight is 471 g/mol. The molecule has 0 fully saturated rings. The zero-order valence-electron chi connectivity index (χ0n) is 15.7. The molecule has 11 heteroatoms. The molecule has 0 atom stereocenters. The predicted molar refractivity (Wildman–Crippen MR) is 108 cm³/mol. The van der Waals surface area contributed by atoms with E-state index in [1.54, 1.807) is 36.4 Å². The minimum absolute atomic E-state index is 0.0870. The molecular weight excluding hydrogens is 455 g/mol. The van der Waals surface area contributed by atoms with Gasteiger partial charge in [0.25, 0.3) is 19.9 Å². The lowest BCUT2D eigenvalue weighted by Crippen LogP contribution is -2.23. The Morgan fingerprint density at radius 1 is 0.774 bits per heavy atom. The standard InChI is InChI=1S/C20H16F3NO5S2/c21-20(22,23)30(25,26)17-11-12-18(24-31(27,28)16-9-5-2-6-10-16)19(13-17)29-14-15-7-3-1-4-8-15/h1-13,24H,14H2. The van der Waals surface area contributed by atoms with Gasteiger partial charge in [-0.1, -0.05) is 48.5 Å². The van der Waals surface area contributed by atoms with Crippen LogP contribution in [0, 0.1) is 0 Å². The second-order valence-electron chi connectivity index (χ2n) is 6.30. The monoisotopic (exact) mass is 471 g/mol. The fourth-order valence-electron chi connectivity index (χ4n) is 2.55. The van der Waals surface area contributed by atoms with E-state index in [0.29, 0.717) is 17.7 Å². The highest BCUT2D eigenvalue weighted by molar-refractivity contribution is 7.93. The Labute approximate surface area is 177 Å². The minimum Gasteiger partial charge on any atom is -0.487 e. The molecule has 3 rings (SSSR count). The first kappa shape index (κ1) is 22.6. The van der Waals surface area contributed by atoms with Crippen molar-refractivity contribution in [3.63, 3.8) is 0 Å². The third kappa shape index (κ3) is 5.17. The lowest BCUT2D eigenvalue weighted by atomic mass is 10.2. The quantitative estimate of drug-likeness (QED) is 0.553. The maximum Gasteiger partial charge on any atom is 0.501 e. The highest BCUT2D eigenvalue weighted by Crippen LogP contribution is 2.36. The number of hydrogen-bond donors (Lipinski definition) is 1. The largest absolute Gasteiger partial charge is 0.501 e. The van der Waals surface area contributed by atoms with Crippen molar-refractivity contribution in [2.75, 3.05) is 4.72 Å². The molecule has 0 saturated carbocycles. The lowest BCUT2D eigenvalue weighted by molar-refractivity contribution is -0.0436. The first-order valence-corrected chi connectivity index (χ1v) is 11.7. The SMILES string of the molecule is O=S(=O)(Nc1ccc(S(=O)(=O)C(F)(F)F)cc1OCc1ccccc1)c1ccccc1. The summed E-state index contributed by atoms with van der Waals surface area (Å²) in [5, 5.41) is 0. The van der Waals surface area contributed by atoms with E-state index in [1.165, 1.54) is 24.3 Å². The number of rotatable bonds is 7. The molecule has 0 unspecified atom stereocenters. The molecule has 0 bridgehead atoms. The van der Waals surface area contributed by atoms with Crippen LogP contribution in [0.4, 0.5) is 18.9 Å². The first-order chi connectivity index (χ1) is 14.5. The van der Waals surface area contributed by atoms with Crippen LogP contribution in [0.1, 0.15) is 5.56 Å². The van der Waals surface area contributed by atoms with Gasteiger partial charge in [0.2, 0.25) is 0 Å². The van der Waals surface area contributed by atoms with Crippen LogP contribution in [-0.4, -0.2) is 22.3 Å². The van der Waals surface area contributed by atoms with E-state index in [0.717, 1.165) is 6.07 Å². The molecule has 0 saturated heterocycles. The maximum atomic E-state index is 13.0. The van der Waals surface area contributed by atoms with Gasteiger partial charge < -0.3 is 4.74 Å². The van der Waals surface area contributed by atoms with Gasteiger partial charge in [0, 0.05) is 6.07 Å². The summed E-state index contributed by atoms with van der Waals surface area (Å²) in [6, 6.07) is 18.0. The van der Waals surface area contributed by atoms with Crippen molar-refractivity contribution < 1.29 is 34.7 Å². The third-order valence-corrected chi connectivity index (χ3v) is 6.97. The van der Waals surface area contributed by atoms with Gasteiger partial charge >= 0.3 is 5.51 Å². The molecule has 6 nitrogen and oxygen atoms in total. The van der Waals surface area contributed by atoms with Gasteiger partial charge in [-0.2, -0.15) is 13.2 Å². The van der Waals surface area contributed by atoms with Crippen molar-refractivity contribution in [2.45, 2.75) is 21.9 Å². The van der Waals surface area contributed by atoms with E-state index in [9.17, 15) is 30.0 Å². The van der Waals surface area contributed by atoms with E-state index >= 15 is 0 Å². The summed E-state index contributed by atoms with van der Waals surface area (Å²) in [5.74, 6) is -0.367. The number of halogens is 3. The molecule has 0 aliphatic carbocycles. The Balaban J connectivity index is 2.01. The second kappa shape index (κ2) is 8.60. The number of anilines is 1. The van der Waals surface area contributed by atoms with Crippen molar-refractivity contribution >= 4 is 25.5 Å². The van der Waals surface area contributed by atoms with Crippen LogP contribution in [0.3, 0.4) is 0 Å². The van der Waals surface area contributed by atoms with E-state index in [4.69, 9.17) is 4.74 Å². The van der Waals surface area contributed by atoms with Crippen LogP contribution in [-0.2, 0) is 26.5 Å². The number of sulfone groups is 1. The van der Waals surface area contributed by atoms with E-state index in [1.807, 2.05) is 0 Å². The van der Waals surface area contributed by atoms with E-state index < -0.39 is 30.3 Å². The molecule has 1 N–H and O–H groups in total. The van der Waals surface area contributed by atoms with Crippen LogP contribution >= 0.6 is 0 Å². The summed E-state index contributed by atoms with van der Waals surface area (Å²) in [4.78, 5) is -1.15. The van der Waals surface area contributed by atoms with Gasteiger partial charge in [-0.25, -0.2) is 16.8 Å². The predicted octanol–water partition coefficient (Wildman–Crippen LogP) is 4.36. The van der Waals surface area contributed by atoms with Gasteiger partial charge in [-0.15, -0.1) is 0 Å². The Kier molecular flexibility index (Phi) is 6.27. The molecule has 164 valence electrons. The first-order valence-electron chi connectivity index (χ1n) is 8.71. The van der Waals surface area contributed by atoms with E-state index in [2.05, 4.69) is 4.72 Å². The summed E-state index contributed by atoms with van der Waals surface area (Å²) in [6.45, 7) is -0.129. The molecular formula is C20H16F3NO5S2. The van der Waals surface area contributed by atoms with Crippen LogP contribution in [0.5, 0.6) is 5.75 Å². The Hall–Kier alpha value is -3.05. The van der Waals surface area contributed by atoms with Crippen molar-refractivity contribution in [1.82, 2.24) is 0 Å². The number of hydrogen-bond acceptors (Lipinski definition) is 5. The summed E-state index contributed by atoms with van der Waals surface area (Å²) in [7, 11) is -9.75. The van der Waals surface area contributed by atoms with Crippen LogP contribution in [0.15, 0.2) is 88.7 Å². The van der Waals surface area contributed by atoms with Crippen molar-refractivity contribution in [3.05, 3.63) is 84.4 Å². The van der Waals surface area contributed by atoms with Crippen LogP contribution < -0.4 is 9.46 Å². The van der Waals surface area contributed by atoms with Gasteiger partial charge in [-0.3, -0.25) is 4.72 Å². The molecule has 0 amide bonds. The molecule has 0 radical (unpaired) electrons. The third-order valence-electron chi connectivity index (χ3n) is 4.10. The Bertz CT molecular complexity index is 1260. The highest BCUT2D eigenvalue weighted by atomic mass is 32.2. The average Bonchev–Trinajstić information content (AvgIpc) is 2.73. The minimum atomic E-state index is -5.65.